The molecule has 4 heteroatoms. The molecule has 30 heavy (non-hydrogen) atoms. The number of phenolic OH excluding ortho intramolecular Hbond substituents is 1. The van der Waals surface area contributed by atoms with E-state index in [4.69, 9.17) is 4.74 Å². The van der Waals surface area contributed by atoms with Crippen molar-refractivity contribution in [3.8, 4) is 22.6 Å². The topological polar surface area (TPSA) is 32.7 Å². The van der Waals surface area contributed by atoms with E-state index in [0.717, 1.165) is 46.3 Å². The maximum atomic E-state index is 9.93. The van der Waals surface area contributed by atoms with Gasteiger partial charge in [-0.15, -0.1) is 0 Å². The third kappa shape index (κ3) is 6.75. The first kappa shape index (κ1) is 22.1. The maximum Gasteiger partial charge on any atom is 0.119 e. The molecular formula is C26H28BrNO2. The van der Waals surface area contributed by atoms with Crippen molar-refractivity contribution in [1.29, 1.82) is 0 Å². The second-order valence-corrected chi connectivity index (χ2v) is 8.43. The predicted octanol–water partition coefficient (Wildman–Crippen LogP) is 6.41. The highest BCUT2D eigenvalue weighted by molar-refractivity contribution is 9.10. The number of aryl methyl sites for hydroxylation is 1. The Morgan fingerprint density at radius 3 is 2.40 bits per heavy atom. The van der Waals surface area contributed by atoms with Gasteiger partial charge in [0.1, 0.15) is 18.1 Å². The molecule has 0 aliphatic rings. The zero-order valence-corrected chi connectivity index (χ0v) is 19.1. The molecule has 0 unspecified atom stereocenters. The van der Waals surface area contributed by atoms with E-state index >= 15 is 0 Å². The van der Waals surface area contributed by atoms with Crippen LogP contribution in [0.1, 0.15) is 17.5 Å². The largest absolute Gasteiger partial charge is 0.508 e. The van der Waals surface area contributed by atoms with Gasteiger partial charge in [-0.3, -0.25) is 0 Å². The van der Waals surface area contributed by atoms with E-state index in [1.807, 2.05) is 50.5 Å². The number of hydrogen-bond acceptors (Lipinski definition) is 3. The molecule has 3 aromatic carbocycles. The van der Waals surface area contributed by atoms with Crippen molar-refractivity contribution in [3.63, 3.8) is 0 Å². The fourth-order valence-corrected chi connectivity index (χ4v) is 3.39. The van der Waals surface area contributed by atoms with Gasteiger partial charge >= 0.3 is 0 Å². The number of ether oxygens (including phenoxy) is 1. The van der Waals surface area contributed by atoms with E-state index in [1.54, 1.807) is 6.07 Å². The fraction of sp³-hybridized carbons (Fsp3) is 0.231. The van der Waals surface area contributed by atoms with Crippen molar-refractivity contribution >= 4 is 22.0 Å². The van der Waals surface area contributed by atoms with Gasteiger partial charge in [-0.05, 0) is 85.6 Å². The van der Waals surface area contributed by atoms with Crippen LogP contribution < -0.4 is 4.74 Å². The van der Waals surface area contributed by atoms with Crippen LogP contribution in [-0.2, 0) is 6.42 Å². The van der Waals surface area contributed by atoms with Gasteiger partial charge in [-0.2, -0.15) is 0 Å². The number of benzene rings is 3. The zero-order valence-electron chi connectivity index (χ0n) is 17.5. The summed E-state index contributed by atoms with van der Waals surface area (Å²) in [6.07, 6.45) is 6.24. The third-order valence-electron chi connectivity index (χ3n) is 4.82. The highest BCUT2D eigenvalue weighted by Crippen LogP contribution is 2.29. The zero-order chi connectivity index (χ0) is 21.3. The van der Waals surface area contributed by atoms with E-state index in [9.17, 15) is 5.11 Å². The first-order valence-electron chi connectivity index (χ1n) is 10.1. The minimum absolute atomic E-state index is 0.276. The third-order valence-corrected chi connectivity index (χ3v) is 5.35. The molecule has 3 rings (SSSR count). The van der Waals surface area contributed by atoms with Crippen molar-refractivity contribution in [3.05, 3.63) is 88.4 Å². The van der Waals surface area contributed by atoms with Crippen LogP contribution in [0, 0.1) is 0 Å². The molecule has 3 aromatic rings. The van der Waals surface area contributed by atoms with Crippen molar-refractivity contribution < 1.29 is 9.84 Å². The molecule has 0 aromatic heterocycles. The highest BCUT2D eigenvalue weighted by atomic mass is 79.9. The lowest BCUT2D eigenvalue weighted by molar-refractivity contribution is 0.261. The summed E-state index contributed by atoms with van der Waals surface area (Å²) in [6.45, 7) is 1.61. The van der Waals surface area contributed by atoms with Gasteiger partial charge in [-0.25, -0.2) is 0 Å². The second kappa shape index (κ2) is 11.0. The van der Waals surface area contributed by atoms with Crippen LogP contribution in [0.4, 0.5) is 0 Å². The Balaban J connectivity index is 1.59. The van der Waals surface area contributed by atoms with E-state index < -0.39 is 0 Å². The predicted molar refractivity (Wildman–Crippen MR) is 129 cm³/mol. The van der Waals surface area contributed by atoms with Gasteiger partial charge in [0.25, 0.3) is 0 Å². The Hall–Kier alpha value is -2.56. The van der Waals surface area contributed by atoms with Gasteiger partial charge < -0.3 is 14.7 Å². The quantitative estimate of drug-likeness (QED) is 0.396. The first-order chi connectivity index (χ1) is 14.5. The minimum atomic E-state index is 0.276. The first-order valence-corrected chi connectivity index (χ1v) is 10.9. The highest BCUT2D eigenvalue weighted by Gasteiger charge is 2.05. The second-order valence-electron chi connectivity index (χ2n) is 7.52. The van der Waals surface area contributed by atoms with Gasteiger partial charge in [-0.1, -0.05) is 58.4 Å². The van der Waals surface area contributed by atoms with Crippen LogP contribution in [0.5, 0.6) is 11.5 Å². The van der Waals surface area contributed by atoms with Gasteiger partial charge in [0.05, 0.1) is 0 Å². The molecule has 0 heterocycles. The van der Waals surface area contributed by atoms with E-state index in [-0.39, 0.29) is 5.75 Å². The Labute approximate surface area is 187 Å². The van der Waals surface area contributed by atoms with Crippen molar-refractivity contribution in [2.24, 2.45) is 0 Å². The molecule has 0 aliphatic heterocycles. The number of nitrogens with zero attached hydrogens (tertiary/aromatic N) is 1. The number of likely N-dealkylation sites (N-methyl/N-ethyl adjacent to an activating group) is 1. The van der Waals surface area contributed by atoms with Gasteiger partial charge in [0, 0.05) is 11.0 Å². The minimum Gasteiger partial charge on any atom is -0.508 e. The van der Waals surface area contributed by atoms with Crippen molar-refractivity contribution in [1.82, 2.24) is 4.90 Å². The lowest BCUT2D eigenvalue weighted by Gasteiger charge is -2.11. The summed E-state index contributed by atoms with van der Waals surface area (Å²) < 4.78 is 6.79. The molecule has 0 aliphatic carbocycles. The SMILES string of the molecule is CN(C)CCOc1ccc(CC/C=C\c2ccc(O)cc2-c2ccc(Br)cc2)cc1. The number of allylic oxidation sites excluding steroid dienone is 1. The summed E-state index contributed by atoms with van der Waals surface area (Å²) in [5.74, 6) is 1.19. The van der Waals surface area contributed by atoms with Crippen molar-refractivity contribution in [2.45, 2.75) is 12.8 Å². The van der Waals surface area contributed by atoms with Crippen LogP contribution in [0.3, 0.4) is 0 Å². The molecule has 0 fully saturated rings. The number of hydrogen-bond donors (Lipinski definition) is 1. The molecule has 1 N–H and O–H groups in total. The summed E-state index contributed by atoms with van der Waals surface area (Å²) in [6, 6.07) is 22.0. The average molecular weight is 466 g/mol. The standard InChI is InChI=1S/C26H28BrNO2/c1-28(2)17-18-30-25-15-7-20(8-16-25)5-3-4-6-21-11-14-24(29)19-26(21)22-9-12-23(27)13-10-22/h4,6-16,19,29H,3,5,17-18H2,1-2H3/b6-4-. The summed E-state index contributed by atoms with van der Waals surface area (Å²) in [5, 5.41) is 9.93. The monoisotopic (exact) mass is 465 g/mol. The van der Waals surface area contributed by atoms with Gasteiger partial charge in [0.2, 0.25) is 0 Å². The molecule has 0 spiro atoms. The number of phenols is 1. The van der Waals surface area contributed by atoms with Crippen LogP contribution in [-0.4, -0.2) is 37.3 Å². The number of rotatable bonds is 9. The molecule has 3 nitrogen and oxygen atoms in total. The van der Waals surface area contributed by atoms with Crippen LogP contribution in [0.2, 0.25) is 0 Å². The van der Waals surface area contributed by atoms with E-state index in [0.29, 0.717) is 6.61 Å². The van der Waals surface area contributed by atoms with E-state index in [2.05, 4.69) is 57.2 Å². The summed E-state index contributed by atoms with van der Waals surface area (Å²) in [4.78, 5) is 2.11. The molecule has 156 valence electrons. The number of halogens is 1. The Bertz CT molecular complexity index is 963. The Morgan fingerprint density at radius 1 is 0.967 bits per heavy atom. The van der Waals surface area contributed by atoms with Crippen LogP contribution >= 0.6 is 15.9 Å². The summed E-state index contributed by atoms with van der Waals surface area (Å²) in [7, 11) is 4.08. The van der Waals surface area contributed by atoms with E-state index in [1.165, 1.54) is 5.56 Å². The molecule has 0 saturated heterocycles. The smallest absolute Gasteiger partial charge is 0.119 e. The lowest BCUT2D eigenvalue weighted by Crippen LogP contribution is -2.19. The normalized spacial score (nSPS) is 11.3. The van der Waals surface area contributed by atoms with Crippen LogP contribution in [0.25, 0.3) is 17.2 Å². The van der Waals surface area contributed by atoms with Crippen molar-refractivity contribution in [2.75, 3.05) is 27.2 Å². The molecule has 0 saturated carbocycles. The molecule has 0 bridgehead atoms. The Morgan fingerprint density at radius 2 is 1.70 bits per heavy atom. The lowest BCUT2D eigenvalue weighted by atomic mass is 9.98. The maximum absolute atomic E-state index is 9.93. The average Bonchev–Trinajstić information content (AvgIpc) is 2.73. The summed E-state index contributed by atoms with van der Waals surface area (Å²) in [5.41, 5.74) is 4.50. The molecule has 0 radical (unpaired) electrons. The number of aromatic hydroxyl groups is 1. The van der Waals surface area contributed by atoms with Crippen LogP contribution in [0.15, 0.2) is 77.3 Å². The summed E-state index contributed by atoms with van der Waals surface area (Å²) >= 11 is 3.47. The molecular weight excluding hydrogens is 438 g/mol. The Kier molecular flexibility index (Phi) is 8.12. The molecule has 0 atom stereocenters. The fourth-order valence-electron chi connectivity index (χ4n) is 3.13. The molecule has 0 amide bonds. The van der Waals surface area contributed by atoms with Gasteiger partial charge in [0.15, 0.2) is 0 Å².